The predicted molar refractivity (Wildman–Crippen MR) is 43.8 cm³/mol. The van der Waals surface area contributed by atoms with Crippen LogP contribution in [0.3, 0.4) is 0 Å². The fraction of sp³-hybridized carbons (Fsp3) is 1.00. The van der Waals surface area contributed by atoms with Crippen LogP contribution in [0.25, 0.3) is 0 Å². The van der Waals surface area contributed by atoms with E-state index in [1.807, 2.05) is 0 Å². The average Bonchev–Trinajstić information content (AvgIpc) is 1.81. The van der Waals surface area contributed by atoms with Gasteiger partial charge < -0.3 is 0 Å². The second-order valence-electron chi connectivity index (χ2n) is 2.93. The fourth-order valence-corrected chi connectivity index (χ4v) is 1.45. The number of rotatable bonds is 4. The van der Waals surface area contributed by atoms with E-state index in [1.54, 1.807) is 0 Å². The monoisotopic (exact) mass is 164 g/mol. The van der Waals surface area contributed by atoms with Crippen LogP contribution in [-0.2, 0) is 9.84 Å². The van der Waals surface area contributed by atoms with Gasteiger partial charge in [-0.2, -0.15) is 0 Å². The number of hydrogen-bond donors (Lipinski definition) is 0. The molecule has 0 rings (SSSR count). The van der Waals surface area contributed by atoms with E-state index in [1.165, 1.54) is 6.26 Å². The zero-order chi connectivity index (χ0) is 8.20. The molecule has 0 spiro atoms. The highest BCUT2D eigenvalue weighted by molar-refractivity contribution is 7.90. The van der Waals surface area contributed by atoms with Crippen LogP contribution in [0.1, 0.15) is 26.7 Å². The molecule has 0 aliphatic carbocycles. The second-order valence-corrected chi connectivity index (χ2v) is 5.19. The zero-order valence-electron chi connectivity index (χ0n) is 6.92. The summed E-state index contributed by atoms with van der Waals surface area (Å²) in [6, 6.07) is 0. The first-order valence-corrected chi connectivity index (χ1v) is 5.69. The minimum atomic E-state index is -2.73. The third-order valence-electron chi connectivity index (χ3n) is 1.68. The number of sulfone groups is 1. The molecule has 0 amide bonds. The minimum Gasteiger partial charge on any atom is -0.229 e. The third kappa shape index (κ3) is 6.08. The van der Waals surface area contributed by atoms with E-state index in [-0.39, 0.29) is 0 Å². The van der Waals surface area contributed by atoms with Crippen LogP contribution >= 0.6 is 0 Å². The summed E-state index contributed by atoms with van der Waals surface area (Å²) in [6.45, 7) is 4.15. The van der Waals surface area contributed by atoms with E-state index in [4.69, 9.17) is 0 Å². The molecule has 0 aliphatic heterocycles. The van der Waals surface area contributed by atoms with Crippen molar-refractivity contribution in [2.75, 3.05) is 12.0 Å². The summed E-state index contributed by atoms with van der Waals surface area (Å²) >= 11 is 0. The topological polar surface area (TPSA) is 34.1 Å². The zero-order valence-corrected chi connectivity index (χ0v) is 7.74. The molecule has 0 N–H and O–H groups in total. The standard InChI is InChI=1S/C7H16O2S/c1-4-7(2)5-6-10(3,8)9/h7H,4-6H2,1-3H3/t7-/m0/s1. The van der Waals surface area contributed by atoms with Crippen molar-refractivity contribution in [3.8, 4) is 0 Å². The molecule has 62 valence electrons. The molecule has 0 radical (unpaired) electrons. The summed E-state index contributed by atoms with van der Waals surface area (Å²) < 4.78 is 21.3. The maximum atomic E-state index is 10.7. The van der Waals surface area contributed by atoms with Crippen molar-refractivity contribution in [2.24, 2.45) is 5.92 Å². The average molecular weight is 164 g/mol. The van der Waals surface area contributed by atoms with Gasteiger partial charge in [-0.05, 0) is 12.3 Å². The highest BCUT2D eigenvalue weighted by Gasteiger charge is 2.04. The van der Waals surface area contributed by atoms with E-state index >= 15 is 0 Å². The molecule has 0 bridgehead atoms. The lowest BCUT2D eigenvalue weighted by atomic mass is 10.1. The Bertz CT molecular complexity index is 170. The Labute approximate surface area is 63.6 Å². The van der Waals surface area contributed by atoms with Gasteiger partial charge >= 0.3 is 0 Å². The highest BCUT2D eigenvalue weighted by atomic mass is 32.2. The molecule has 0 aromatic heterocycles. The van der Waals surface area contributed by atoms with E-state index in [9.17, 15) is 8.42 Å². The highest BCUT2D eigenvalue weighted by Crippen LogP contribution is 2.06. The van der Waals surface area contributed by atoms with Crippen LogP contribution in [0.5, 0.6) is 0 Å². The van der Waals surface area contributed by atoms with Gasteiger partial charge in [0.25, 0.3) is 0 Å². The van der Waals surface area contributed by atoms with Crippen molar-refractivity contribution < 1.29 is 8.42 Å². The minimum absolute atomic E-state index is 0.335. The summed E-state index contributed by atoms with van der Waals surface area (Å²) in [5.74, 6) is 0.872. The van der Waals surface area contributed by atoms with Crippen LogP contribution in [0.4, 0.5) is 0 Å². The molecular weight excluding hydrogens is 148 g/mol. The lowest BCUT2D eigenvalue weighted by molar-refractivity contribution is 0.534. The predicted octanol–water partition coefficient (Wildman–Crippen LogP) is 1.47. The maximum absolute atomic E-state index is 10.7. The van der Waals surface area contributed by atoms with E-state index in [2.05, 4.69) is 13.8 Å². The number of hydrogen-bond acceptors (Lipinski definition) is 2. The van der Waals surface area contributed by atoms with Crippen LogP contribution in [0, 0.1) is 5.92 Å². The van der Waals surface area contributed by atoms with Crippen LogP contribution < -0.4 is 0 Å². The Hall–Kier alpha value is -0.0500. The van der Waals surface area contributed by atoms with Crippen molar-refractivity contribution in [3.05, 3.63) is 0 Å². The quantitative estimate of drug-likeness (QED) is 0.630. The Morgan fingerprint density at radius 2 is 1.90 bits per heavy atom. The molecule has 3 heteroatoms. The van der Waals surface area contributed by atoms with Crippen molar-refractivity contribution in [3.63, 3.8) is 0 Å². The molecule has 0 heterocycles. The molecule has 2 nitrogen and oxygen atoms in total. The summed E-state index contributed by atoms with van der Waals surface area (Å²) in [4.78, 5) is 0. The summed E-state index contributed by atoms with van der Waals surface area (Å²) in [5.41, 5.74) is 0. The van der Waals surface area contributed by atoms with Crippen LogP contribution in [-0.4, -0.2) is 20.4 Å². The van der Waals surface area contributed by atoms with Crippen LogP contribution in [0.15, 0.2) is 0 Å². The molecule has 0 fully saturated rings. The Morgan fingerprint density at radius 3 is 2.20 bits per heavy atom. The first-order valence-electron chi connectivity index (χ1n) is 3.63. The van der Waals surface area contributed by atoms with Crippen molar-refractivity contribution >= 4 is 9.84 Å². The summed E-state index contributed by atoms with van der Waals surface area (Å²) in [5, 5.41) is 0. The molecule has 0 aliphatic rings. The normalized spacial score (nSPS) is 15.1. The lowest BCUT2D eigenvalue weighted by Gasteiger charge is -2.05. The van der Waals surface area contributed by atoms with Crippen molar-refractivity contribution in [2.45, 2.75) is 26.7 Å². The summed E-state index contributed by atoms with van der Waals surface area (Å²) in [6.07, 6.45) is 3.15. The summed E-state index contributed by atoms with van der Waals surface area (Å²) in [7, 11) is -2.73. The van der Waals surface area contributed by atoms with Gasteiger partial charge in [-0.25, -0.2) is 8.42 Å². The first kappa shape index (κ1) is 9.95. The largest absolute Gasteiger partial charge is 0.229 e. The smallest absolute Gasteiger partial charge is 0.147 e. The molecule has 1 atom stereocenters. The Morgan fingerprint density at radius 1 is 1.40 bits per heavy atom. The molecule has 0 aromatic carbocycles. The van der Waals surface area contributed by atoms with E-state index in [0.29, 0.717) is 11.7 Å². The second kappa shape index (κ2) is 3.96. The molecule has 0 unspecified atom stereocenters. The van der Waals surface area contributed by atoms with E-state index in [0.717, 1.165) is 12.8 Å². The van der Waals surface area contributed by atoms with Crippen molar-refractivity contribution in [1.82, 2.24) is 0 Å². The Kier molecular flexibility index (Phi) is 3.94. The molecule has 0 saturated carbocycles. The first-order chi connectivity index (χ1) is 4.45. The van der Waals surface area contributed by atoms with Gasteiger partial charge in [0.05, 0.1) is 5.75 Å². The van der Waals surface area contributed by atoms with Gasteiger partial charge in [-0.1, -0.05) is 20.3 Å². The Balaban J connectivity index is 3.56. The van der Waals surface area contributed by atoms with Gasteiger partial charge in [-0.3, -0.25) is 0 Å². The molecule has 10 heavy (non-hydrogen) atoms. The molecule has 0 saturated heterocycles. The SMILES string of the molecule is CC[C@H](C)CCS(C)(=O)=O. The third-order valence-corrected chi connectivity index (χ3v) is 2.66. The fourth-order valence-electron chi connectivity index (χ4n) is 0.619. The van der Waals surface area contributed by atoms with Crippen molar-refractivity contribution in [1.29, 1.82) is 0 Å². The van der Waals surface area contributed by atoms with Gasteiger partial charge in [0, 0.05) is 6.26 Å². The van der Waals surface area contributed by atoms with E-state index < -0.39 is 9.84 Å². The molecule has 0 aromatic rings. The van der Waals surface area contributed by atoms with Gasteiger partial charge in [0.15, 0.2) is 0 Å². The maximum Gasteiger partial charge on any atom is 0.147 e. The lowest BCUT2D eigenvalue weighted by Crippen LogP contribution is -2.06. The van der Waals surface area contributed by atoms with Gasteiger partial charge in [0.2, 0.25) is 0 Å². The molecular formula is C7H16O2S. The van der Waals surface area contributed by atoms with Crippen LogP contribution in [0.2, 0.25) is 0 Å². The van der Waals surface area contributed by atoms with Gasteiger partial charge in [-0.15, -0.1) is 0 Å². The van der Waals surface area contributed by atoms with Gasteiger partial charge in [0.1, 0.15) is 9.84 Å².